The maximum atomic E-state index is 12.8. The van der Waals surface area contributed by atoms with Crippen molar-refractivity contribution in [3.63, 3.8) is 0 Å². The van der Waals surface area contributed by atoms with Crippen LogP contribution in [-0.4, -0.2) is 157 Å². The van der Waals surface area contributed by atoms with Gasteiger partial charge in [-0.2, -0.15) is 0 Å². The first kappa shape index (κ1) is 36.6. The third kappa shape index (κ3) is 13.8. The number of anilines is 2. The van der Waals surface area contributed by atoms with E-state index in [1.807, 2.05) is 4.90 Å². The molecule has 0 atom stereocenters. The summed E-state index contributed by atoms with van der Waals surface area (Å²) in [5, 5.41) is 36.7. The van der Waals surface area contributed by atoms with Gasteiger partial charge in [-0.1, -0.05) is 13.8 Å². The zero-order chi connectivity index (χ0) is 32.6. The first-order valence-corrected chi connectivity index (χ1v) is 15.0. The van der Waals surface area contributed by atoms with Crippen LogP contribution in [0.2, 0.25) is 0 Å². The van der Waals surface area contributed by atoms with E-state index in [4.69, 9.17) is 0 Å². The Hall–Kier alpha value is -3.60. The molecule has 0 saturated carbocycles. The van der Waals surface area contributed by atoms with Gasteiger partial charge < -0.3 is 31.3 Å². The molecule has 0 unspecified atom stereocenters. The van der Waals surface area contributed by atoms with Gasteiger partial charge in [0.1, 0.15) is 11.4 Å². The monoisotopic (exact) mass is 625 g/mol. The molecule has 1 aromatic rings. The summed E-state index contributed by atoms with van der Waals surface area (Å²) < 4.78 is 0. The minimum atomic E-state index is -1.03. The minimum Gasteiger partial charge on any atom is -0.480 e. The van der Waals surface area contributed by atoms with Crippen molar-refractivity contribution in [2.45, 2.75) is 26.7 Å². The highest BCUT2D eigenvalue weighted by atomic mass is 16.4. The Balaban J connectivity index is 1.94. The summed E-state index contributed by atoms with van der Waals surface area (Å²) in [6, 6.07) is 0. The van der Waals surface area contributed by atoms with Crippen LogP contribution in [0.1, 0.15) is 26.7 Å². The second-order valence-electron chi connectivity index (χ2n) is 11.4. The van der Waals surface area contributed by atoms with Crippen molar-refractivity contribution in [1.82, 2.24) is 24.9 Å². The van der Waals surface area contributed by atoms with Crippen LogP contribution in [0.25, 0.3) is 0 Å². The van der Waals surface area contributed by atoms with Crippen LogP contribution in [0.3, 0.4) is 0 Å². The maximum Gasteiger partial charge on any atom is 0.317 e. The van der Waals surface area contributed by atoms with Crippen molar-refractivity contribution >= 4 is 35.2 Å². The second kappa shape index (κ2) is 18.9. The molecule has 16 heteroatoms. The van der Waals surface area contributed by atoms with Crippen LogP contribution < -0.4 is 26.8 Å². The Kier molecular flexibility index (Phi) is 15.7. The number of hydrogen-bond donors (Lipinski definition) is 6. The molecule has 6 N–H and O–H groups in total. The summed E-state index contributed by atoms with van der Waals surface area (Å²) in [5.41, 5.74) is -0.659. The minimum absolute atomic E-state index is 0.0181. The Morgan fingerprint density at radius 3 is 1.34 bits per heavy atom. The van der Waals surface area contributed by atoms with Gasteiger partial charge in [-0.15, -0.1) is 0 Å². The van der Waals surface area contributed by atoms with Crippen molar-refractivity contribution in [3.05, 3.63) is 20.4 Å². The fraction of sp³-hybridized carbons (Fsp3) is 0.714. The van der Waals surface area contributed by atoms with Crippen LogP contribution in [0.15, 0.2) is 9.59 Å². The first-order chi connectivity index (χ1) is 20.8. The van der Waals surface area contributed by atoms with Crippen molar-refractivity contribution in [3.8, 4) is 0 Å². The van der Waals surface area contributed by atoms with Crippen LogP contribution >= 0.6 is 0 Å². The van der Waals surface area contributed by atoms with Gasteiger partial charge in [0.05, 0.1) is 26.2 Å². The number of hydrogen-bond acceptors (Lipinski definition) is 12. The summed E-state index contributed by atoms with van der Waals surface area (Å²) in [7, 11) is 0. The number of carbonyl (C=O) groups is 4. The Bertz CT molecular complexity index is 1140. The van der Waals surface area contributed by atoms with Crippen LogP contribution in [-0.2, 0) is 19.2 Å². The van der Waals surface area contributed by atoms with Gasteiger partial charge in [-0.05, 0) is 18.8 Å². The quantitative estimate of drug-likeness (QED) is 0.0827. The lowest BCUT2D eigenvalue weighted by Crippen LogP contribution is -2.50. The van der Waals surface area contributed by atoms with E-state index in [1.165, 1.54) is 0 Å². The Labute approximate surface area is 256 Å². The molecular formula is C28H47N7O9. The molecule has 248 valence electrons. The molecule has 1 aliphatic rings. The molecule has 0 bridgehead atoms. The number of amides is 1. The standard InChI is InChI=1S/C28H47N7O9/c1-20(2)4-3-5-30-25-26(28(44)27(25)43)31-7-6-29-21(36)16-32-8-10-33(17-22(37)38)12-14-35(19-24(41)42)15-13-34(11-9-32)18-23(39)40/h20,30-31H,3-19H2,1-2H3,(H,29,36)(H,37,38)(H,39,40)(H,41,42). The number of nitrogens with one attached hydrogen (secondary N) is 3. The molecule has 1 amide bonds. The van der Waals surface area contributed by atoms with Gasteiger partial charge in [0.25, 0.3) is 10.9 Å². The number of carboxylic acids is 3. The highest BCUT2D eigenvalue weighted by molar-refractivity contribution is 5.78. The topological polar surface area (TPSA) is 212 Å². The zero-order valence-electron chi connectivity index (χ0n) is 25.7. The van der Waals surface area contributed by atoms with Gasteiger partial charge in [0.2, 0.25) is 5.91 Å². The maximum absolute atomic E-state index is 12.8. The van der Waals surface area contributed by atoms with E-state index in [0.717, 1.165) is 12.8 Å². The highest BCUT2D eigenvalue weighted by Gasteiger charge is 2.22. The predicted molar refractivity (Wildman–Crippen MR) is 164 cm³/mol. The van der Waals surface area contributed by atoms with E-state index in [2.05, 4.69) is 29.8 Å². The van der Waals surface area contributed by atoms with Crippen molar-refractivity contribution in [2.75, 3.05) is 109 Å². The summed E-state index contributed by atoms with van der Waals surface area (Å²) >= 11 is 0. The average Bonchev–Trinajstić information content (AvgIpc) is 2.93. The molecule has 1 fully saturated rings. The molecule has 1 saturated heterocycles. The first-order valence-electron chi connectivity index (χ1n) is 15.0. The lowest BCUT2D eigenvalue weighted by Gasteiger charge is -2.32. The lowest BCUT2D eigenvalue weighted by molar-refractivity contribution is -0.140. The third-order valence-electron chi connectivity index (χ3n) is 7.29. The van der Waals surface area contributed by atoms with E-state index < -0.39 is 28.8 Å². The van der Waals surface area contributed by atoms with E-state index in [0.29, 0.717) is 38.6 Å². The van der Waals surface area contributed by atoms with Crippen LogP contribution in [0.4, 0.5) is 11.4 Å². The van der Waals surface area contributed by atoms with E-state index in [1.54, 1.807) is 14.7 Å². The normalized spacial score (nSPS) is 16.7. The van der Waals surface area contributed by atoms with Crippen LogP contribution in [0.5, 0.6) is 0 Å². The van der Waals surface area contributed by atoms with E-state index in [-0.39, 0.29) is 82.7 Å². The van der Waals surface area contributed by atoms with Crippen molar-refractivity contribution < 1.29 is 34.5 Å². The van der Waals surface area contributed by atoms with Crippen LogP contribution in [0, 0.1) is 5.92 Å². The summed E-state index contributed by atoms with van der Waals surface area (Å²) in [6.07, 6.45) is 1.86. The van der Waals surface area contributed by atoms with E-state index in [9.17, 15) is 44.1 Å². The zero-order valence-corrected chi connectivity index (χ0v) is 25.7. The van der Waals surface area contributed by atoms with Gasteiger partial charge in [0, 0.05) is 72.0 Å². The van der Waals surface area contributed by atoms with Gasteiger partial charge in [0.15, 0.2) is 0 Å². The molecule has 44 heavy (non-hydrogen) atoms. The molecule has 0 aliphatic carbocycles. The molecule has 1 aliphatic heterocycles. The number of aliphatic carboxylic acids is 3. The average molecular weight is 626 g/mol. The molecule has 1 aromatic carbocycles. The fourth-order valence-electron chi connectivity index (χ4n) is 4.89. The van der Waals surface area contributed by atoms with Crippen molar-refractivity contribution in [1.29, 1.82) is 0 Å². The predicted octanol–water partition coefficient (Wildman–Crippen LogP) is -1.87. The van der Waals surface area contributed by atoms with Gasteiger partial charge >= 0.3 is 17.9 Å². The lowest BCUT2D eigenvalue weighted by atomic mass is 10.1. The van der Waals surface area contributed by atoms with Gasteiger partial charge in [-0.3, -0.25) is 48.4 Å². The SMILES string of the molecule is CC(C)CCCNc1c(NCCNC(=O)CN2CCN(CC(=O)O)CCN(CC(=O)O)CCN(CC(=O)O)CC2)c(=O)c1=O. The number of rotatable bonds is 17. The number of carbonyl (C=O) groups excluding carboxylic acids is 1. The highest BCUT2D eigenvalue weighted by Crippen LogP contribution is 2.14. The molecular weight excluding hydrogens is 578 g/mol. The number of carboxylic acid groups (broad SMARTS) is 3. The molecule has 0 aromatic heterocycles. The summed E-state index contributed by atoms with van der Waals surface area (Å²) in [4.78, 5) is 77.8. The second-order valence-corrected chi connectivity index (χ2v) is 11.4. The van der Waals surface area contributed by atoms with Crippen molar-refractivity contribution in [2.24, 2.45) is 5.92 Å². The number of nitrogens with zero attached hydrogens (tertiary/aromatic N) is 4. The smallest absolute Gasteiger partial charge is 0.317 e. The summed E-state index contributed by atoms with van der Waals surface area (Å²) in [5.74, 6) is -2.85. The Morgan fingerprint density at radius 2 is 0.977 bits per heavy atom. The molecule has 1 heterocycles. The molecule has 2 rings (SSSR count). The molecule has 0 radical (unpaired) electrons. The molecule has 16 nitrogen and oxygen atoms in total. The van der Waals surface area contributed by atoms with E-state index >= 15 is 0 Å². The fourth-order valence-corrected chi connectivity index (χ4v) is 4.89. The summed E-state index contributed by atoms with van der Waals surface area (Å²) in [6.45, 7) is 6.86. The Morgan fingerprint density at radius 1 is 0.614 bits per heavy atom. The van der Waals surface area contributed by atoms with Gasteiger partial charge in [-0.25, -0.2) is 0 Å². The molecule has 0 spiro atoms. The largest absolute Gasteiger partial charge is 0.480 e. The third-order valence-corrected chi connectivity index (χ3v) is 7.29.